The first-order valence-electron chi connectivity index (χ1n) is 16.4. The summed E-state index contributed by atoms with van der Waals surface area (Å²) in [6.45, 7) is 20.1. The quantitative estimate of drug-likeness (QED) is 0.0402. The minimum absolute atomic E-state index is 0.153. The summed E-state index contributed by atoms with van der Waals surface area (Å²) in [5, 5.41) is 34.4. The molecule has 0 saturated heterocycles. The van der Waals surface area contributed by atoms with E-state index in [1.165, 1.54) is 62.4 Å². The van der Waals surface area contributed by atoms with E-state index in [2.05, 4.69) is 31.2 Å². The van der Waals surface area contributed by atoms with E-state index in [0.29, 0.717) is 33.8 Å². The lowest BCUT2D eigenvalue weighted by Crippen LogP contribution is -2.52. The van der Waals surface area contributed by atoms with Gasteiger partial charge in [0.15, 0.2) is 6.04 Å². The smallest absolute Gasteiger partial charge is 0.328 e. The third kappa shape index (κ3) is 13.7. The van der Waals surface area contributed by atoms with Gasteiger partial charge in [0.1, 0.15) is 17.7 Å². The van der Waals surface area contributed by atoms with Gasteiger partial charge in [-0.3, -0.25) is 30.7 Å². The number of carbonyl (C=O) groups is 4. The Hall–Kier alpha value is -6.34. The minimum atomic E-state index is -1.16. The van der Waals surface area contributed by atoms with Crippen LogP contribution in [-0.2, 0) is 9.59 Å². The highest BCUT2D eigenvalue weighted by atomic mass is 35.5. The van der Waals surface area contributed by atoms with Gasteiger partial charge in [-0.15, -0.1) is 0 Å². The first kappa shape index (κ1) is 46.8. The van der Waals surface area contributed by atoms with E-state index in [9.17, 15) is 38.2 Å². The number of halogens is 4. The number of nitrogens with zero attached hydrogens (tertiary/aromatic N) is 2. The largest absolute Gasteiger partial charge is 0.480 e. The highest BCUT2D eigenvalue weighted by Crippen LogP contribution is 2.34. The van der Waals surface area contributed by atoms with Crippen molar-refractivity contribution in [3.63, 3.8) is 0 Å². The molecule has 300 valence electrons. The number of carboxylic acid groups (broad SMARTS) is 1. The lowest BCUT2D eigenvalue weighted by atomic mass is 10.1. The van der Waals surface area contributed by atoms with E-state index in [1.807, 2.05) is 5.43 Å². The highest BCUT2D eigenvalue weighted by molar-refractivity contribution is 6.35. The van der Waals surface area contributed by atoms with E-state index in [4.69, 9.17) is 47.3 Å². The van der Waals surface area contributed by atoms with Gasteiger partial charge in [-0.05, 0) is 99.5 Å². The zero-order valence-corrected chi connectivity index (χ0v) is 32.2. The van der Waals surface area contributed by atoms with Crippen molar-refractivity contribution in [3.05, 3.63) is 140 Å². The van der Waals surface area contributed by atoms with Crippen LogP contribution in [-0.4, -0.2) is 63.3 Å². The first-order valence-corrected chi connectivity index (χ1v) is 17.2. The normalized spacial score (nSPS) is 12.2. The molecule has 3 amide bonds. The van der Waals surface area contributed by atoms with Gasteiger partial charge in [-0.2, -0.15) is 0 Å². The summed E-state index contributed by atoms with van der Waals surface area (Å²) in [5.74, 6) is 1.06. The van der Waals surface area contributed by atoms with Gasteiger partial charge < -0.3 is 26.0 Å². The molecular formula is C38H38Cl2F2N8O7. The number of carboxylic acids is 1. The van der Waals surface area contributed by atoms with Crippen molar-refractivity contribution in [1.29, 1.82) is 0 Å². The van der Waals surface area contributed by atoms with Crippen molar-refractivity contribution in [3.8, 4) is 0 Å². The molecule has 0 bridgehead atoms. The number of hydrogen-bond acceptors (Lipinski definition) is 9. The number of aliphatic hydroxyl groups excluding tert-OH is 2. The maximum Gasteiger partial charge on any atom is 0.328 e. The Kier molecular flexibility index (Phi) is 18.3. The second-order valence-electron chi connectivity index (χ2n) is 11.9. The van der Waals surface area contributed by atoms with Crippen molar-refractivity contribution in [2.45, 2.75) is 52.0 Å². The van der Waals surface area contributed by atoms with Crippen LogP contribution in [0.15, 0.2) is 72.8 Å². The number of benzene rings is 4. The number of aliphatic hydroxyl groups is 2. The molecule has 0 saturated carbocycles. The first-order chi connectivity index (χ1) is 26.9. The van der Waals surface area contributed by atoms with Crippen LogP contribution in [0.5, 0.6) is 0 Å². The molecule has 4 rings (SSSR count). The molecule has 0 spiro atoms. The topological polar surface area (TPSA) is 224 Å². The Morgan fingerprint density at radius 2 is 1.05 bits per heavy atom. The lowest BCUT2D eigenvalue weighted by molar-refractivity contribution is -0.140. The van der Waals surface area contributed by atoms with Crippen LogP contribution in [0.2, 0.25) is 10.0 Å². The van der Waals surface area contributed by atoms with E-state index >= 15 is 0 Å². The molecule has 0 radical (unpaired) electrons. The summed E-state index contributed by atoms with van der Waals surface area (Å²) in [6.07, 6.45) is -2.16. The Labute approximate surface area is 336 Å². The van der Waals surface area contributed by atoms with Crippen LogP contribution in [0.25, 0.3) is 9.69 Å². The summed E-state index contributed by atoms with van der Waals surface area (Å²) in [7, 11) is 0. The van der Waals surface area contributed by atoms with Crippen LogP contribution in [0.4, 0.5) is 31.5 Å². The molecule has 10 N–H and O–H groups in total. The third-order valence-corrected chi connectivity index (χ3v) is 8.71. The number of nitrogen functional groups attached to an aromatic ring is 1. The monoisotopic (exact) mass is 826 g/mol. The Morgan fingerprint density at radius 3 is 1.40 bits per heavy atom. The van der Waals surface area contributed by atoms with E-state index in [0.717, 1.165) is 12.1 Å². The van der Waals surface area contributed by atoms with Gasteiger partial charge in [-0.25, -0.2) is 29.1 Å². The molecule has 0 fully saturated rings. The maximum absolute atomic E-state index is 12.9. The van der Waals surface area contributed by atoms with E-state index in [1.54, 1.807) is 26.0 Å². The minimum Gasteiger partial charge on any atom is -0.480 e. The molecule has 0 aliphatic carbocycles. The standard InChI is InChI=1S/C19H18ClFN4O3.C12H13ClN2O3.C7H7FN2O/c1-10-14(8-9-15(22-3)16(10)20)23-17(11(2)26)19(28)25-24-18(27)12-4-6-13(21)7-5-12;1-6-8(4-5-9(14-3)10(6)13)15-11(7(2)16)12(17)18;8-6-3-1-5(2-4-6)7(11)10-9/h4-9,11,17,23,26H,1-2H3,(H,24,27)(H,25,28);4-5,7,11,15-16H,1-2H3,(H,17,18);1-4H,9H2,(H,10,11)/t11-,17-;7-,11-;/m11./s1. The van der Waals surface area contributed by atoms with Crippen LogP contribution < -0.4 is 32.8 Å². The number of rotatable bonds is 10. The van der Waals surface area contributed by atoms with Crippen LogP contribution in [0, 0.1) is 38.6 Å². The van der Waals surface area contributed by atoms with E-state index in [-0.39, 0.29) is 27.1 Å². The Balaban J connectivity index is 0.000000329. The zero-order valence-electron chi connectivity index (χ0n) is 30.7. The van der Waals surface area contributed by atoms with Crippen LogP contribution in [0.3, 0.4) is 0 Å². The number of nitrogens with one attached hydrogen (secondary N) is 5. The van der Waals surface area contributed by atoms with Crippen molar-refractivity contribution < 1.29 is 43.3 Å². The zero-order chi connectivity index (χ0) is 43.0. The van der Waals surface area contributed by atoms with Crippen molar-refractivity contribution >= 4 is 69.6 Å². The fraction of sp³-hybridized carbons (Fsp3) is 0.211. The predicted octanol–water partition coefficient (Wildman–Crippen LogP) is 5.84. The Morgan fingerprint density at radius 1 is 0.667 bits per heavy atom. The van der Waals surface area contributed by atoms with Gasteiger partial charge in [0.2, 0.25) is 11.4 Å². The number of amides is 3. The van der Waals surface area contributed by atoms with Gasteiger partial charge >= 0.3 is 5.97 Å². The molecule has 4 atom stereocenters. The Bertz CT molecular complexity index is 2140. The summed E-state index contributed by atoms with van der Waals surface area (Å²) >= 11 is 12.1. The second kappa shape index (κ2) is 22.3. The average Bonchev–Trinajstić information content (AvgIpc) is 3.18. The third-order valence-electron chi connectivity index (χ3n) is 7.75. The van der Waals surface area contributed by atoms with Gasteiger partial charge in [0, 0.05) is 22.5 Å². The number of anilines is 2. The average molecular weight is 828 g/mol. The summed E-state index contributed by atoms with van der Waals surface area (Å²) < 4.78 is 25.2. The molecular weight excluding hydrogens is 789 g/mol. The molecule has 0 aromatic heterocycles. The maximum atomic E-state index is 12.9. The molecule has 0 aliphatic heterocycles. The van der Waals surface area contributed by atoms with Crippen molar-refractivity contribution in [2.24, 2.45) is 5.84 Å². The molecule has 0 heterocycles. The van der Waals surface area contributed by atoms with Crippen LogP contribution in [0.1, 0.15) is 45.7 Å². The molecule has 57 heavy (non-hydrogen) atoms. The molecule has 0 aliphatic rings. The number of carbonyl (C=O) groups excluding carboxylic acids is 3. The molecule has 4 aromatic carbocycles. The van der Waals surface area contributed by atoms with Gasteiger partial charge in [-0.1, -0.05) is 35.3 Å². The van der Waals surface area contributed by atoms with E-state index < -0.39 is 53.8 Å². The summed E-state index contributed by atoms with van der Waals surface area (Å²) in [6, 6.07) is 13.8. The fourth-order valence-electron chi connectivity index (χ4n) is 4.51. The number of nitrogens with two attached hydrogens (primary N) is 1. The fourth-order valence-corrected chi connectivity index (χ4v) is 4.92. The molecule has 19 heteroatoms. The predicted molar refractivity (Wildman–Crippen MR) is 211 cm³/mol. The van der Waals surface area contributed by atoms with Crippen molar-refractivity contribution in [1.82, 2.24) is 16.3 Å². The SMILES string of the molecule is NNC(=O)c1ccc(F)cc1.[C-]#[N+]c1ccc(N[C@@H](C(=O)NNC(=O)c2ccc(F)cc2)[C@@H](C)O)c(C)c1Cl.[C-]#[N+]c1ccc(N[C@@H](C(=O)O)[C@@H](C)O)c(C)c1Cl. The number of hydrazine groups is 2. The second-order valence-corrected chi connectivity index (χ2v) is 12.6. The lowest BCUT2D eigenvalue weighted by Gasteiger charge is -2.23. The highest BCUT2D eigenvalue weighted by Gasteiger charge is 2.26. The molecule has 15 nitrogen and oxygen atoms in total. The van der Waals surface area contributed by atoms with Crippen molar-refractivity contribution in [2.75, 3.05) is 10.6 Å². The number of hydrogen-bond donors (Lipinski definition) is 9. The molecule has 0 unspecified atom stereocenters. The van der Waals surface area contributed by atoms with Crippen LogP contribution >= 0.6 is 23.2 Å². The summed E-state index contributed by atoms with van der Waals surface area (Å²) in [5.41, 5.74) is 9.51. The molecule has 4 aromatic rings. The summed E-state index contributed by atoms with van der Waals surface area (Å²) in [4.78, 5) is 52.7. The van der Waals surface area contributed by atoms with Gasteiger partial charge in [0.05, 0.1) is 35.4 Å². The number of aliphatic carboxylic acids is 1. The van der Waals surface area contributed by atoms with Gasteiger partial charge in [0.25, 0.3) is 17.7 Å².